The zero-order valence-corrected chi connectivity index (χ0v) is 11.7. The van der Waals surface area contributed by atoms with E-state index in [1.54, 1.807) is 0 Å². The third-order valence-electron chi connectivity index (χ3n) is 5.15. The van der Waals surface area contributed by atoms with Gasteiger partial charge in [-0.2, -0.15) is 0 Å². The van der Waals surface area contributed by atoms with Crippen molar-refractivity contribution >= 4 is 0 Å². The van der Waals surface area contributed by atoms with Crippen LogP contribution in [0.3, 0.4) is 0 Å². The number of hydrogen-bond acceptors (Lipinski definition) is 2. The number of fused-ring (bicyclic) bond motifs is 1. The summed E-state index contributed by atoms with van der Waals surface area (Å²) in [5, 5.41) is 8.97. The standard InChI is InChI=1S/C17H25NO/c19-13-7-6-12-18-14-16-10-4-5-11-17(16,18)15-8-2-1-3-9-15/h1-3,8-9,16,19H,4-7,10-14H2. The Hall–Kier alpha value is -0.860. The lowest BCUT2D eigenvalue weighted by atomic mass is 9.61. The van der Waals surface area contributed by atoms with Gasteiger partial charge in [-0.05, 0) is 43.7 Å². The fourth-order valence-corrected chi connectivity index (χ4v) is 4.20. The number of likely N-dealkylation sites (tertiary alicyclic amines) is 1. The molecular formula is C17H25NO. The monoisotopic (exact) mass is 259 g/mol. The van der Waals surface area contributed by atoms with Crippen LogP contribution in [-0.4, -0.2) is 29.7 Å². The number of hydrogen-bond donors (Lipinski definition) is 1. The first-order chi connectivity index (χ1) is 9.38. The van der Waals surface area contributed by atoms with Gasteiger partial charge >= 0.3 is 0 Å². The molecule has 0 radical (unpaired) electrons. The second-order valence-corrected chi connectivity index (χ2v) is 6.11. The summed E-state index contributed by atoms with van der Waals surface area (Å²) in [5.74, 6) is 0.859. The van der Waals surface area contributed by atoms with Gasteiger partial charge in [-0.25, -0.2) is 0 Å². The van der Waals surface area contributed by atoms with Crippen molar-refractivity contribution in [1.82, 2.24) is 4.90 Å². The van der Waals surface area contributed by atoms with E-state index in [9.17, 15) is 0 Å². The predicted molar refractivity (Wildman–Crippen MR) is 78.0 cm³/mol. The molecule has 1 saturated carbocycles. The average Bonchev–Trinajstić information content (AvgIpc) is 2.45. The second kappa shape index (κ2) is 5.64. The Morgan fingerprint density at radius 3 is 2.74 bits per heavy atom. The van der Waals surface area contributed by atoms with Crippen LogP contribution < -0.4 is 0 Å². The molecule has 2 aliphatic rings. The zero-order valence-electron chi connectivity index (χ0n) is 11.7. The maximum Gasteiger partial charge on any atom is 0.0501 e. The average molecular weight is 259 g/mol. The number of aliphatic hydroxyl groups is 1. The molecule has 3 rings (SSSR count). The van der Waals surface area contributed by atoms with Gasteiger partial charge in [0, 0.05) is 13.2 Å². The summed E-state index contributed by atoms with van der Waals surface area (Å²) in [4.78, 5) is 2.68. The first kappa shape index (κ1) is 13.1. The lowest BCUT2D eigenvalue weighted by Gasteiger charge is -2.62. The molecule has 1 saturated heterocycles. The van der Waals surface area contributed by atoms with Crippen LogP contribution >= 0.6 is 0 Å². The Morgan fingerprint density at radius 2 is 2.00 bits per heavy atom. The Balaban J connectivity index is 1.79. The number of benzene rings is 1. The Kier molecular flexibility index (Phi) is 3.90. The van der Waals surface area contributed by atoms with Crippen molar-refractivity contribution in [3.05, 3.63) is 35.9 Å². The van der Waals surface area contributed by atoms with Gasteiger partial charge in [-0.1, -0.05) is 43.2 Å². The minimum atomic E-state index is 0.328. The molecule has 1 N–H and O–H groups in total. The van der Waals surface area contributed by atoms with E-state index in [0.29, 0.717) is 12.1 Å². The highest BCUT2D eigenvalue weighted by Crippen LogP contribution is 2.53. The Morgan fingerprint density at radius 1 is 1.16 bits per heavy atom. The van der Waals surface area contributed by atoms with Gasteiger partial charge in [-0.15, -0.1) is 0 Å². The van der Waals surface area contributed by atoms with E-state index < -0.39 is 0 Å². The van der Waals surface area contributed by atoms with Crippen LogP contribution in [0.25, 0.3) is 0 Å². The summed E-state index contributed by atoms with van der Waals surface area (Å²) in [6.07, 6.45) is 7.54. The first-order valence-corrected chi connectivity index (χ1v) is 7.79. The van der Waals surface area contributed by atoms with Crippen LogP contribution in [0, 0.1) is 5.92 Å². The van der Waals surface area contributed by atoms with Crippen molar-refractivity contribution in [2.45, 2.75) is 44.1 Å². The minimum absolute atomic E-state index is 0.328. The third-order valence-corrected chi connectivity index (χ3v) is 5.15. The molecule has 1 heterocycles. The lowest BCUT2D eigenvalue weighted by molar-refractivity contribution is -0.115. The van der Waals surface area contributed by atoms with Crippen molar-refractivity contribution in [1.29, 1.82) is 0 Å². The molecule has 2 fully saturated rings. The number of unbranched alkanes of at least 4 members (excludes halogenated alkanes) is 1. The highest BCUT2D eigenvalue weighted by molar-refractivity contribution is 5.30. The Labute approximate surface area is 116 Å². The van der Waals surface area contributed by atoms with Crippen molar-refractivity contribution in [2.24, 2.45) is 5.92 Å². The van der Waals surface area contributed by atoms with E-state index in [2.05, 4.69) is 35.2 Å². The summed E-state index contributed by atoms with van der Waals surface area (Å²) >= 11 is 0. The molecule has 19 heavy (non-hydrogen) atoms. The van der Waals surface area contributed by atoms with E-state index in [0.717, 1.165) is 25.3 Å². The molecule has 0 aromatic heterocycles. The molecule has 0 bridgehead atoms. The minimum Gasteiger partial charge on any atom is -0.396 e. The Bertz CT molecular complexity index is 405. The summed E-state index contributed by atoms with van der Waals surface area (Å²) in [7, 11) is 0. The molecule has 0 amide bonds. The van der Waals surface area contributed by atoms with Gasteiger partial charge in [0.05, 0.1) is 5.54 Å². The van der Waals surface area contributed by atoms with Crippen LogP contribution in [0.1, 0.15) is 44.1 Å². The van der Waals surface area contributed by atoms with E-state index in [-0.39, 0.29) is 0 Å². The smallest absolute Gasteiger partial charge is 0.0501 e. The van der Waals surface area contributed by atoms with Gasteiger partial charge < -0.3 is 5.11 Å². The van der Waals surface area contributed by atoms with Crippen LogP contribution in [0.4, 0.5) is 0 Å². The van der Waals surface area contributed by atoms with Crippen molar-refractivity contribution in [2.75, 3.05) is 19.7 Å². The van der Waals surface area contributed by atoms with E-state index in [1.165, 1.54) is 37.8 Å². The topological polar surface area (TPSA) is 23.5 Å². The van der Waals surface area contributed by atoms with Gasteiger partial charge in [0.25, 0.3) is 0 Å². The van der Waals surface area contributed by atoms with Crippen LogP contribution in [0.15, 0.2) is 30.3 Å². The molecule has 2 nitrogen and oxygen atoms in total. The van der Waals surface area contributed by atoms with Crippen LogP contribution in [-0.2, 0) is 5.54 Å². The molecule has 2 heteroatoms. The fourth-order valence-electron chi connectivity index (χ4n) is 4.20. The molecule has 1 aromatic rings. The van der Waals surface area contributed by atoms with Gasteiger partial charge in [0.15, 0.2) is 0 Å². The van der Waals surface area contributed by atoms with Crippen molar-refractivity contribution in [3.8, 4) is 0 Å². The molecule has 104 valence electrons. The van der Waals surface area contributed by atoms with Crippen molar-refractivity contribution < 1.29 is 5.11 Å². The van der Waals surface area contributed by atoms with E-state index in [4.69, 9.17) is 5.11 Å². The number of rotatable bonds is 5. The summed E-state index contributed by atoms with van der Waals surface area (Å²) in [5.41, 5.74) is 1.85. The van der Waals surface area contributed by atoms with Crippen molar-refractivity contribution in [3.63, 3.8) is 0 Å². The molecule has 2 atom stereocenters. The maximum atomic E-state index is 8.97. The zero-order chi connectivity index (χ0) is 13.1. The van der Waals surface area contributed by atoms with E-state index in [1.807, 2.05) is 0 Å². The summed E-state index contributed by atoms with van der Waals surface area (Å²) in [6, 6.07) is 11.1. The van der Waals surface area contributed by atoms with Crippen LogP contribution in [0.2, 0.25) is 0 Å². The molecule has 1 aromatic carbocycles. The van der Waals surface area contributed by atoms with E-state index >= 15 is 0 Å². The molecule has 1 aliphatic heterocycles. The quantitative estimate of drug-likeness (QED) is 0.821. The highest BCUT2D eigenvalue weighted by Gasteiger charge is 2.54. The first-order valence-electron chi connectivity index (χ1n) is 7.79. The van der Waals surface area contributed by atoms with Gasteiger partial charge in [0.1, 0.15) is 0 Å². The molecule has 1 aliphatic carbocycles. The van der Waals surface area contributed by atoms with Gasteiger partial charge in [0.2, 0.25) is 0 Å². The normalized spacial score (nSPS) is 30.7. The second-order valence-electron chi connectivity index (χ2n) is 6.11. The van der Waals surface area contributed by atoms with Gasteiger partial charge in [-0.3, -0.25) is 4.90 Å². The summed E-state index contributed by atoms with van der Waals surface area (Å²) < 4.78 is 0. The maximum absolute atomic E-state index is 8.97. The molecule has 2 unspecified atom stereocenters. The van der Waals surface area contributed by atoms with Crippen LogP contribution in [0.5, 0.6) is 0 Å². The lowest BCUT2D eigenvalue weighted by Crippen LogP contribution is -2.65. The SMILES string of the molecule is OCCCCN1CC2CCCCC21c1ccccc1. The number of nitrogens with zero attached hydrogens (tertiary/aromatic N) is 1. The molecule has 0 spiro atoms. The largest absolute Gasteiger partial charge is 0.396 e. The highest BCUT2D eigenvalue weighted by atomic mass is 16.2. The summed E-state index contributed by atoms with van der Waals surface area (Å²) in [6.45, 7) is 2.74. The third kappa shape index (κ3) is 2.21. The molecular weight excluding hydrogens is 234 g/mol. The number of aliphatic hydroxyl groups excluding tert-OH is 1. The predicted octanol–water partition coefficient (Wildman–Crippen LogP) is 3.16. The fraction of sp³-hybridized carbons (Fsp3) is 0.647.